The molecule has 0 radical (unpaired) electrons. The van der Waals surface area contributed by atoms with E-state index in [1.807, 2.05) is 0 Å². The molecule has 3 aromatic rings. The van der Waals surface area contributed by atoms with Gasteiger partial charge in [-0.1, -0.05) is 18.2 Å². The molecule has 9 heteroatoms. The monoisotopic (exact) mass is 493 g/mol. The molecule has 188 valence electrons. The SMILES string of the molecule is COc1ccc(C=Cc2cc(OC)c(OC)c(OC)c2)c(NC(=O)/C=C/c2ccc(O)c(O)c2)c1O. The molecule has 1 amide bonds. The van der Waals surface area contributed by atoms with Crippen molar-refractivity contribution in [3.8, 4) is 40.2 Å². The van der Waals surface area contributed by atoms with E-state index in [2.05, 4.69) is 5.32 Å². The van der Waals surface area contributed by atoms with Gasteiger partial charge in [-0.05, 0) is 53.6 Å². The van der Waals surface area contributed by atoms with Crippen molar-refractivity contribution < 1.29 is 39.1 Å². The fourth-order valence-electron chi connectivity index (χ4n) is 3.39. The van der Waals surface area contributed by atoms with E-state index < -0.39 is 5.91 Å². The van der Waals surface area contributed by atoms with Crippen LogP contribution in [0.2, 0.25) is 0 Å². The zero-order valence-electron chi connectivity index (χ0n) is 20.2. The minimum Gasteiger partial charge on any atom is -0.504 e. The highest BCUT2D eigenvalue weighted by molar-refractivity contribution is 6.04. The van der Waals surface area contributed by atoms with Crippen molar-refractivity contribution in [3.05, 3.63) is 65.2 Å². The van der Waals surface area contributed by atoms with Crippen LogP contribution < -0.4 is 24.3 Å². The van der Waals surface area contributed by atoms with E-state index in [1.165, 1.54) is 58.8 Å². The van der Waals surface area contributed by atoms with Crippen molar-refractivity contribution in [2.75, 3.05) is 33.8 Å². The van der Waals surface area contributed by atoms with Crippen molar-refractivity contribution in [2.45, 2.75) is 0 Å². The van der Waals surface area contributed by atoms with Crippen molar-refractivity contribution in [3.63, 3.8) is 0 Å². The van der Waals surface area contributed by atoms with Gasteiger partial charge in [-0.3, -0.25) is 4.79 Å². The molecule has 0 heterocycles. The molecule has 0 spiro atoms. The second kappa shape index (κ2) is 11.6. The third kappa shape index (κ3) is 5.82. The smallest absolute Gasteiger partial charge is 0.248 e. The lowest BCUT2D eigenvalue weighted by Crippen LogP contribution is -2.09. The van der Waals surface area contributed by atoms with Gasteiger partial charge >= 0.3 is 0 Å². The second-order valence-corrected chi connectivity index (χ2v) is 7.44. The predicted molar refractivity (Wildman–Crippen MR) is 137 cm³/mol. The van der Waals surface area contributed by atoms with Gasteiger partial charge in [0.15, 0.2) is 34.5 Å². The van der Waals surface area contributed by atoms with Crippen LogP contribution in [-0.4, -0.2) is 49.7 Å². The quantitative estimate of drug-likeness (QED) is 0.193. The minimum atomic E-state index is -0.534. The minimum absolute atomic E-state index is 0.140. The molecular weight excluding hydrogens is 466 g/mol. The summed E-state index contributed by atoms with van der Waals surface area (Å²) in [5.74, 6) is 0.260. The first-order valence-electron chi connectivity index (χ1n) is 10.7. The number of benzene rings is 3. The fourth-order valence-corrected chi connectivity index (χ4v) is 3.39. The Balaban J connectivity index is 1.92. The van der Waals surface area contributed by atoms with Gasteiger partial charge in [0.05, 0.1) is 34.1 Å². The van der Waals surface area contributed by atoms with Gasteiger partial charge in [-0.25, -0.2) is 0 Å². The highest BCUT2D eigenvalue weighted by Crippen LogP contribution is 2.40. The molecule has 3 aromatic carbocycles. The summed E-state index contributed by atoms with van der Waals surface area (Å²) in [5, 5.41) is 32.4. The molecule has 0 saturated heterocycles. The lowest BCUT2D eigenvalue weighted by molar-refractivity contribution is -0.111. The normalized spacial score (nSPS) is 11.0. The van der Waals surface area contributed by atoms with Gasteiger partial charge in [0.25, 0.3) is 0 Å². The lowest BCUT2D eigenvalue weighted by atomic mass is 10.1. The molecule has 0 saturated carbocycles. The van der Waals surface area contributed by atoms with Crippen LogP contribution in [-0.2, 0) is 4.79 Å². The highest BCUT2D eigenvalue weighted by Gasteiger charge is 2.15. The van der Waals surface area contributed by atoms with Gasteiger partial charge in [0, 0.05) is 11.6 Å². The van der Waals surface area contributed by atoms with Gasteiger partial charge < -0.3 is 39.6 Å². The van der Waals surface area contributed by atoms with Crippen LogP contribution in [0.4, 0.5) is 5.69 Å². The Labute approximate surface area is 208 Å². The van der Waals surface area contributed by atoms with Crippen LogP contribution >= 0.6 is 0 Å². The maximum absolute atomic E-state index is 12.6. The van der Waals surface area contributed by atoms with Crippen LogP contribution in [0.3, 0.4) is 0 Å². The standard InChI is InChI=1S/C27H27NO8/c1-33-21-11-9-18(8-5-17-14-22(34-2)27(36-4)23(15-17)35-3)25(26(21)32)28-24(31)12-7-16-6-10-19(29)20(30)13-16/h5-15,29-30,32H,1-4H3,(H,28,31)/b8-5?,12-7+. The van der Waals surface area contributed by atoms with Crippen LogP contribution in [0.15, 0.2) is 48.5 Å². The van der Waals surface area contributed by atoms with E-state index in [9.17, 15) is 20.1 Å². The number of methoxy groups -OCH3 is 4. The summed E-state index contributed by atoms with van der Waals surface area (Å²) in [6.07, 6.45) is 6.15. The molecule has 3 rings (SSSR count). The predicted octanol–water partition coefficient (Wildman–Crippen LogP) is 4.66. The Hall–Kier alpha value is -4.79. The summed E-state index contributed by atoms with van der Waals surface area (Å²) in [6, 6.07) is 10.9. The molecule has 4 N–H and O–H groups in total. The fraction of sp³-hybridized carbons (Fsp3) is 0.148. The van der Waals surface area contributed by atoms with E-state index in [4.69, 9.17) is 18.9 Å². The molecule has 0 unspecified atom stereocenters. The Morgan fingerprint density at radius 1 is 0.722 bits per heavy atom. The molecule has 0 aromatic heterocycles. The number of anilines is 1. The van der Waals surface area contributed by atoms with E-state index >= 15 is 0 Å². The number of phenolic OH excluding ortho intramolecular Hbond substituents is 3. The number of ether oxygens (including phenoxy) is 4. The molecule has 0 aliphatic rings. The zero-order chi connectivity index (χ0) is 26.2. The number of amides is 1. The largest absolute Gasteiger partial charge is 0.504 e. The molecule has 0 aliphatic carbocycles. The average Bonchev–Trinajstić information content (AvgIpc) is 2.88. The van der Waals surface area contributed by atoms with Crippen LogP contribution in [0.25, 0.3) is 18.2 Å². The maximum atomic E-state index is 12.6. The number of carbonyl (C=O) groups excluding carboxylic acids is 1. The number of hydrogen-bond acceptors (Lipinski definition) is 8. The average molecular weight is 494 g/mol. The summed E-state index contributed by atoms with van der Waals surface area (Å²) >= 11 is 0. The lowest BCUT2D eigenvalue weighted by Gasteiger charge is -2.14. The highest BCUT2D eigenvalue weighted by atomic mass is 16.5. The number of carbonyl (C=O) groups is 1. The van der Waals surface area contributed by atoms with Crippen molar-refractivity contribution >= 4 is 29.8 Å². The van der Waals surface area contributed by atoms with E-state index in [-0.39, 0.29) is 28.7 Å². The Kier molecular flexibility index (Phi) is 8.30. The first kappa shape index (κ1) is 25.8. The number of aromatic hydroxyl groups is 3. The van der Waals surface area contributed by atoms with E-state index in [1.54, 1.807) is 36.4 Å². The third-order valence-electron chi connectivity index (χ3n) is 5.21. The topological polar surface area (TPSA) is 127 Å². The summed E-state index contributed by atoms with van der Waals surface area (Å²) in [5.41, 5.74) is 1.87. The first-order valence-corrected chi connectivity index (χ1v) is 10.7. The van der Waals surface area contributed by atoms with Crippen molar-refractivity contribution in [2.24, 2.45) is 0 Å². The maximum Gasteiger partial charge on any atom is 0.248 e. The Morgan fingerprint density at radius 2 is 1.39 bits per heavy atom. The molecule has 0 aliphatic heterocycles. The van der Waals surface area contributed by atoms with Crippen LogP contribution in [0.5, 0.6) is 40.2 Å². The number of rotatable bonds is 9. The number of hydrogen-bond donors (Lipinski definition) is 4. The van der Waals surface area contributed by atoms with Crippen molar-refractivity contribution in [1.29, 1.82) is 0 Å². The van der Waals surface area contributed by atoms with E-state index in [0.29, 0.717) is 28.4 Å². The van der Waals surface area contributed by atoms with Crippen LogP contribution in [0, 0.1) is 0 Å². The molecular formula is C27H27NO8. The second-order valence-electron chi connectivity index (χ2n) is 7.44. The Bertz CT molecular complexity index is 1290. The van der Waals surface area contributed by atoms with Gasteiger partial charge in [0.2, 0.25) is 11.7 Å². The first-order chi connectivity index (χ1) is 17.3. The van der Waals surface area contributed by atoms with E-state index in [0.717, 1.165) is 5.56 Å². The summed E-state index contributed by atoms with van der Waals surface area (Å²) in [7, 11) is 5.97. The van der Waals surface area contributed by atoms with Crippen molar-refractivity contribution in [1.82, 2.24) is 0 Å². The molecule has 0 bridgehead atoms. The third-order valence-corrected chi connectivity index (χ3v) is 5.21. The summed E-state index contributed by atoms with van der Waals surface area (Å²) in [4.78, 5) is 12.6. The van der Waals surface area contributed by atoms with Crippen LogP contribution in [0.1, 0.15) is 16.7 Å². The van der Waals surface area contributed by atoms with Gasteiger partial charge in [-0.15, -0.1) is 0 Å². The Morgan fingerprint density at radius 3 is 1.97 bits per heavy atom. The zero-order valence-corrected chi connectivity index (χ0v) is 20.2. The molecule has 0 atom stereocenters. The number of phenols is 3. The summed E-state index contributed by atoms with van der Waals surface area (Å²) in [6.45, 7) is 0. The van der Waals surface area contributed by atoms with Gasteiger partial charge in [0.1, 0.15) is 0 Å². The molecule has 0 fully saturated rings. The molecule has 9 nitrogen and oxygen atoms in total. The summed E-state index contributed by atoms with van der Waals surface area (Å²) < 4.78 is 21.3. The molecule has 36 heavy (non-hydrogen) atoms. The van der Waals surface area contributed by atoms with Gasteiger partial charge in [-0.2, -0.15) is 0 Å². The number of nitrogens with one attached hydrogen (secondary N) is 1.